The maximum Gasteiger partial charge on any atom is 0.109 e. The van der Waals surface area contributed by atoms with Crippen molar-refractivity contribution in [3.63, 3.8) is 0 Å². The van der Waals surface area contributed by atoms with E-state index >= 15 is 0 Å². The third-order valence-electron chi connectivity index (χ3n) is 7.41. The van der Waals surface area contributed by atoms with Crippen molar-refractivity contribution >= 4 is 31.9 Å². The van der Waals surface area contributed by atoms with Crippen LogP contribution in [0.2, 0.25) is 0 Å². The van der Waals surface area contributed by atoms with E-state index in [2.05, 4.69) is 31.9 Å². The highest BCUT2D eigenvalue weighted by Crippen LogP contribution is 2.52. The molecular formula is C25H25Br2F5. The molecule has 0 saturated carbocycles. The topological polar surface area (TPSA) is 0 Å². The summed E-state index contributed by atoms with van der Waals surface area (Å²) in [6, 6.07) is 0. The Labute approximate surface area is 202 Å². The maximum absolute atomic E-state index is 14.8. The Hall–Kier alpha value is -0.690. The van der Waals surface area contributed by atoms with Crippen molar-refractivity contribution in [2.45, 2.75) is 95.1 Å². The number of hydrogen-bond acceptors (Lipinski definition) is 0. The van der Waals surface area contributed by atoms with E-state index in [9.17, 15) is 22.0 Å². The molecule has 5 aliphatic carbocycles. The molecule has 0 aromatic rings. The van der Waals surface area contributed by atoms with Gasteiger partial charge in [-0.1, -0.05) is 31.9 Å². The van der Waals surface area contributed by atoms with E-state index in [0.29, 0.717) is 0 Å². The summed E-state index contributed by atoms with van der Waals surface area (Å²) in [7, 11) is 0. The SMILES string of the molecule is FC1CC(Br)=C(C2=C(C3=C(C4=C(C5=C(Br)CC(F)C5)CC(F)C4)CC(F)C3)CC(F)C2)C1. The molecule has 4 atom stereocenters. The first-order chi connectivity index (χ1) is 15.2. The van der Waals surface area contributed by atoms with Gasteiger partial charge in [0.1, 0.15) is 30.9 Å². The fraction of sp³-hybridized carbons (Fsp3) is 0.600. The van der Waals surface area contributed by atoms with Crippen molar-refractivity contribution in [2.24, 2.45) is 0 Å². The molecule has 0 aromatic carbocycles. The van der Waals surface area contributed by atoms with Gasteiger partial charge in [-0.2, -0.15) is 0 Å². The first kappa shape index (κ1) is 23.1. The largest absolute Gasteiger partial charge is 0.247 e. The molecule has 5 aliphatic rings. The lowest BCUT2D eigenvalue weighted by atomic mass is 9.89. The van der Waals surface area contributed by atoms with Crippen LogP contribution in [0.3, 0.4) is 0 Å². The Morgan fingerprint density at radius 3 is 0.750 bits per heavy atom. The molecule has 0 aromatic heterocycles. The monoisotopic (exact) mass is 578 g/mol. The lowest BCUT2D eigenvalue weighted by Crippen LogP contribution is -1.99. The summed E-state index contributed by atoms with van der Waals surface area (Å²) in [5.41, 5.74) is 6.34. The van der Waals surface area contributed by atoms with Crippen LogP contribution in [0.5, 0.6) is 0 Å². The van der Waals surface area contributed by atoms with Crippen molar-refractivity contribution in [3.8, 4) is 0 Å². The fourth-order valence-electron chi connectivity index (χ4n) is 6.13. The number of halogens is 7. The van der Waals surface area contributed by atoms with Crippen LogP contribution in [0.4, 0.5) is 22.0 Å². The Balaban J connectivity index is 1.63. The Bertz CT molecular complexity index is 924. The summed E-state index contributed by atoms with van der Waals surface area (Å²) >= 11 is 6.93. The second-order valence-electron chi connectivity index (χ2n) is 9.67. The van der Waals surface area contributed by atoms with Gasteiger partial charge in [-0.15, -0.1) is 0 Å². The van der Waals surface area contributed by atoms with Crippen molar-refractivity contribution < 1.29 is 22.0 Å². The quantitative estimate of drug-likeness (QED) is 0.292. The van der Waals surface area contributed by atoms with Gasteiger partial charge in [0, 0.05) is 73.2 Å². The van der Waals surface area contributed by atoms with Gasteiger partial charge >= 0.3 is 0 Å². The maximum atomic E-state index is 14.8. The number of rotatable bonds is 4. The van der Waals surface area contributed by atoms with Crippen LogP contribution in [0.1, 0.15) is 64.2 Å². The first-order valence-corrected chi connectivity index (χ1v) is 12.9. The minimum absolute atomic E-state index is 0.171. The Morgan fingerprint density at radius 1 is 0.344 bits per heavy atom. The third-order valence-corrected chi connectivity index (χ3v) is 9.02. The lowest BCUT2D eigenvalue weighted by Gasteiger charge is -2.16. The molecule has 174 valence electrons. The van der Waals surface area contributed by atoms with E-state index in [0.717, 1.165) is 53.5 Å². The minimum Gasteiger partial charge on any atom is -0.247 e. The molecule has 0 N–H and O–H groups in total. The predicted octanol–water partition coefficient (Wildman–Crippen LogP) is 8.83. The molecule has 0 spiro atoms. The predicted molar refractivity (Wildman–Crippen MR) is 124 cm³/mol. The summed E-state index contributed by atoms with van der Waals surface area (Å²) in [5.74, 6) is 0. The highest BCUT2D eigenvalue weighted by atomic mass is 79.9. The van der Waals surface area contributed by atoms with Crippen molar-refractivity contribution in [2.75, 3.05) is 0 Å². The zero-order valence-corrected chi connectivity index (χ0v) is 20.8. The first-order valence-electron chi connectivity index (χ1n) is 11.3. The molecule has 0 bridgehead atoms. The lowest BCUT2D eigenvalue weighted by molar-refractivity contribution is 0.338. The third kappa shape index (κ3) is 4.14. The molecule has 7 heteroatoms. The van der Waals surface area contributed by atoms with E-state index in [1.807, 2.05) is 0 Å². The van der Waals surface area contributed by atoms with Crippen LogP contribution >= 0.6 is 31.9 Å². The second kappa shape index (κ2) is 8.83. The van der Waals surface area contributed by atoms with E-state index in [4.69, 9.17) is 0 Å². The molecule has 32 heavy (non-hydrogen) atoms. The highest BCUT2D eigenvalue weighted by molar-refractivity contribution is 9.12. The van der Waals surface area contributed by atoms with Crippen LogP contribution < -0.4 is 0 Å². The Kier molecular flexibility index (Phi) is 6.36. The number of hydrogen-bond donors (Lipinski definition) is 0. The molecule has 0 amide bonds. The molecule has 0 saturated heterocycles. The summed E-state index contributed by atoms with van der Waals surface area (Å²) in [5, 5.41) is 0. The van der Waals surface area contributed by atoms with Gasteiger partial charge in [0.2, 0.25) is 0 Å². The molecule has 0 fully saturated rings. The number of allylic oxidation sites excluding steroid dienone is 10. The van der Waals surface area contributed by atoms with Crippen molar-refractivity contribution in [1.82, 2.24) is 0 Å². The molecule has 4 unspecified atom stereocenters. The van der Waals surface area contributed by atoms with Crippen LogP contribution in [0, 0.1) is 0 Å². The Morgan fingerprint density at radius 2 is 0.531 bits per heavy atom. The average Bonchev–Trinajstić information content (AvgIpc) is 3.49. The molecular weight excluding hydrogens is 555 g/mol. The van der Waals surface area contributed by atoms with E-state index in [1.54, 1.807) is 0 Å². The zero-order valence-electron chi connectivity index (χ0n) is 17.6. The van der Waals surface area contributed by atoms with Gasteiger partial charge in [-0.05, 0) is 44.6 Å². The van der Waals surface area contributed by atoms with Crippen molar-refractivity contribution in [1.29, 1.82) is 0 Å². The normalized spacial score (nSPS) is 36.3. The van der Waals surface area contributed by atoms with Crippen molar-refractivity contribution in [3.05, 3.63) is 53.5 Å². The summed E-state index contributed by atoms with van der Waals surface area (Å²) in [6.45, 7) is 0. The highest BCUT2D eigenvalue weighted by Gasteiger charge is 2.40. The van der Waals surface area contributed by atoms with Gasteiger partial charge in [-0.25, -0.2) is 22.0 Å². The van der Waals surface area contributed by atoms with E-state index < -0.39 is 30.9 Å². The minimum atomic E-state index is -1.11. The summed E-state index contributed by atoms with van der Waals surface area (Å²) < 4.78 is 73.6. The van der Waals surface area contributed by atoms with Crippen LogP contribution in [-0.2, 0) is 0 Å². The smallest absolute Gasteiger partial charge is 0.109 e. The zero-order chi connectivity index (χ0) is 22.7. The second-order valence-corrected chi connectivity index (χ2v) is 11.6. The molecule has 0 radical (unpaired) electrons. The van der Waals surface area contributed by atoms with E-state index in [1.165, 1.54) is 0 Å². The molecule has 5 rings (SSSR count). The fourth-order valence-corrected chi connectivity index (χ4v) is 7.64. The van der Waals surface area contributed by atoms with Gasteiger partial charge in [0.05, 0.1) is 0 Å². The van der Waals surface area contributed by atoms with Crippen LogP contribution in [0.15, 0.2) is 53.5 Å². The molecule has 0 heterocycles. The summed E-state index contributed by atoms with van der Waals surface area (Å²) in [6.07, 6.45) is -3.08. The standard InChI is InChI=1S/C25H25Br2F5/c26-24-9-14(31)7-22(24)20-5-12(29)3-18(20)16-1-11(28)2-17(16)19-4-13(30)6-21(19)23-8-15(32)10-25(23)27/h11-15H,1-10H2. The van der Waals surface area contributed by atoms with E-state index in [-0.39, 0.29) is 64.2 Å². The van der Waals surface area contributed by atoms with Crippen LogP contribution in [-0.4, -0.2) is 30.9 Å². The molecule has 0 nitrogen and oxygen atoms in total. The summed E-state index contributed by atoms with van der Waals surface area (Å²) in [4.78, 5) is 0. The van der Waals surface area contributed by atoms with Gasteiger partial charge in [-0.3, -0.25) is 0 Å². The number of alkyl halides is 5. The van der Waals surface area contributed by atoms with Gasteiger partial charge < -0.3 is 0 Å². The average molecular weight is 580 g/mol. The van der Waals surface area contributed by atoms with Gasteiger partial charge in [0.25, 0.3) is 0 Å². The van der Waals surface area contributed by atoms with Crippen LogP contribution in [0.25, 0.3) is 0 Å². The van der Waals surface area contributed by atoms with Gasteiger partial charge in [0.15, 0.2) is 0 Å². The molecule has 0 aliphatic heterocycles.